The van der Waals surface area contributed by atoms with Crippen LogP contribution in [0.4, 0.5) is 4.39 Å². The summed E-state index contributed by atoms with van der Waals surface area (Å²) < 4.78 is 13.2. The summed E-state index contributed by atoms with van der Waals surface area (Å²) >= 11 is 0. The number of terminal acetylenes is 1. The minimum Gasteiger partial charge on any atom is -0.360 e. The maximum Gasteiger partial charge on any atom is 0.133 e. The SMILES string of the molecule is C#Cc1c[nH]c2cccc(F)c12. The molecule has 1 heterocycles. The second-order valence-corrected chi connectivity index (χ2v) is 2.51. The summed E-state index contributed by atoms with van der Waals surface area (Å²) in [5.41, 5.74) is 1.31. The van der Waals surface area contributed by atoms with Gasteiger partial charge in [-0.3, -0.25) is 0 Å². The second-order valence-electron chi connectivity index (χ2n) is 2.51. The Kier molecular flexibility index (Phi) is 1.38. The first kappa shape index (κ1) is 6.93. The van der Waals surface area contributed by atoms with Crippen LogP contribution in [0.5, 0.6) is 0 Å². The molecular weight excluding hydrogens is 153 g/mol. The summed E-state index contributed by atoms with van der Waals surface area (Å²) in [5.74, 6) is 2.14. The van der Waals surface area contributed by atoms with E-state index in [9.17, 15) is 4.39 Å². The number of rotatable bonds is 0. The van der Waals surface area contributed by atoms with Gasteiger partial charge in [0.15, 0.2) is 0 Å². The predicted molar refractivity (Wildman–Crippen MR) is 46.2 cm³/mol. The van der Waals surface area contributed by atoms with E-state index in [4.69, 9.17) is 6.42 Å². The Hall–Kier alpha value is -1.75. The van der Waals surface area contributed by atoms with Gasteiger partial charge in [-0.25, -0.2) is 4.39 Å². The zero-order chi connectivity index (χ0) is 8.55. The molecule has 1 aromatic heterocycles. The average molecular weight is 159 g/mol. The molecule has 1 nitrogen and oxygen atoms in total. The number of hydrogen-bond acceptors (Lipinski definition) is 0. The highest BCUT2D eigenvalue weighted by Gasteiger charge is 2.04. The van der Waals surface area contributed by atoms with Crippen LogP contribution in [0.1, 0.15) is 5.56 Å². The van der Waals surface area contributed by atoms with Gasteiger partial charge in [0.05, 0.1) is 10.9 Å². The number of aromatic nitrogens is 1. The number of halogens is 1. The van der Waals surface area contributed by atoms with E-state index in [1.807, 2.05) is 0 Å². The second kappa shape index (κ2) is 2.38. The van der Waals surface area contributed by atoms with Crippen LogP contribution in [0.2, 0.25) is 0 Å². The first-order chi connectivity index (χ1) is 5.83. The molecule has 12 heavy (non-hydrogen) atoms. The van der Waals surface area contributed by atoms with Gasteiger partial charge in [0, 0.05) is 11.7 Å². The number of H-pyrrole nitrogens is 1. The van der Waals surface area contributed by atoms with Gasteiger partial charge in [0.2, 0.25) is 0 Å². The zero-order valence-corrected chi connectivity index (χ0v) is 6.26. The first-order valence-electron chi connectivity index (χ1n) is 3.55. The maximum atomic E-state index is 13.2. The van der Waals surface area contributed by atoms with Crippen molar-refractivity contribution in [3.63, 3.8) is 0 Å². The Morgan fingerprint density at radius 2 is 2.25 bits per heavy atom. The van der Waals surface area contributed by atoms with Crippen LogP contribution in [-0.4, -0.2) is 4.98 Å². The minimum atomic E-state index is -0.276. The lowest BCUT2D eigenvalue weighted by Gasteiger charge is -1.91. The zero-order valence-electron chi connectivity index (χ0n) is 6.26. The van der Waals surface area contributed by atoms with Crippen LogP contribution in [0.25, 0.3) is 10.9 Å². The Bertz CT molecular complexity index is 462. The van der Waals surface area contributed by atoms with E-state index >= 15 is 0 Å². The highest BCUT2D eigenvalue weighted by Crippen LogP contribution is 2.20. The van der Waals surface area contributed by atoms with E-state index in [1.165, 1.54) is 6.07 Å². The molecule has 2 heteroatoms. The van der Waals surface area contributed by atoms with Crippen molar-refractivity contribution in [2.24, 2.45) is 0 Å². The fourth-order valence-corrected chi connectivity index (χ4v) is 1.25. The molecule has 0 aliphatic carbocycles. The molecule has 0 saturated heterocycles. The number of nitrogens with one attached hydrogen (secondary N) is 1. The van der Waals surface area contributed by atoms with Crippen LogP contribution in [0.15, 0.2) is 24.4 Å². The molecule has 0 aliphatic heterocycles. The van der Waals surface area contributed by atoms with Crippen molar-refractivity contribution < 1.29 is 4.39 Å². The molecule has 1 aromatic carbocycles. The van der Waals surface area contributed by atoms with Crippen molar-refractivity contribution in [2.75, 3.05) is 0 Å². The lowest BCUT2D eigenvalue weighted by Crippen LogP contribution is -1.76. The molecule has 0 amide bonds. The summed E-state index contributed by atoms with van der Waals surface area (Å²) in [6.45, 7) is 0. The molecule has 0 radical (unpaired) electrons. The van der Waals surface area contributed by atoms with E-state index in [0.29, 0.717) is 10.9 Å². The fraction of sp³-hybridized carbons (Fsp3) is 0. The van der Waals surface area contributed by atoms with Gasteiger partial charge in [0.1, 0.15) is 5.82 Å². The van der Waals surface area contributed by atoms with Crippen LogP contribution in [-0.2, 0) is 0 Å². The van der Waals surface area contributed by atoms with Gasteiger partial charge < -0.3 is 4.98 Å². The van der Waals surface area contributed by atoms with Crippen molar-refractivity contribution in [3.05, 3.63) is 35.8 Å². The summed E-state index contributed by atoms with van der Waals surface area (Å²) in [6, 6.07) is 4.84. The minimum absolute atomic E-state index is 0.276. The van der Waals surface area contributed by atoms with Crippen LogP contribution < -0.4 is 0 Å². The van der Waals surface area contributed by atoms with Crippen LogP contribution >= 0.6 is 0 Å². The fourth-order valence-electron chi connectivity index (χ4n) is 1.25. The number of fused-ring (bicyclic) bond motifs is 1. The van der Waals surface area contributed by atoms with E-state index in [2.05, 4.69) is 10.9 Å². The molecule has 0 spiro atoms. The maximum absolute atomic E-state index is 13.2. The Balaban J connectivity index is 2.95. The summed E-state index contributed by atoms with van der Waals surface area (Å²) in [4.78, 5) is 2.90. The van der Waals surface area contributed by atoms with Gasteiger partial charge in [-0.05, 0) is 12.1 Å². The van der Waals surface area contributed by atoms with Gasteiger partial charge in [0.25, 0.3) is 0 Å². The number of hydrogen-bond donors (Lipinski definition) is 1. The lowest BCUT2D eigenvalue weighted by atomic mass is 10.2. The van der Waals surface area contributed by atoms with Crippen molar-refractivity contribution in [1.29, 1.82) is 0 Å². The Morgan fingerprint density at radius 3 is 3.00 bits per heavy atom. The van der Waals surface area contributed by atoms with Crippen molar-refractivity contribution in [1.82, 2.24) is 4.98 Å². The monoisotopic (exact) mass is 159 g/mol. The van der Waals surface area contributed by atoms with Crippen LogP contribution in [0.3, 0.4) is 0 Å². The third-order valence-corrected chi connectivity index (χ3v) is 1.81. The van der Waals surface area contributed by atoms with Crippen LogP contribution in [0, 0.1) is 18.2 Å². The predicted octanol–water partition coefficient (Wildman–Crippen LogP) is 2.29. The van der Waals surface area contributed by atoms with E-state index in [1.54, 1.807) is 18.3 Å². The van der Waals surface area contributed by atoms with Gasteiger partial charge in [-0.15, -0.1) is 6.42 Å². The third-order valence-electron chi connectivity index (χ3n) is 1.81. The molecule has 1 N–H and O–H groups in total. The molecular formula is C10H6FN. The molecule has 2 aromatic rings. The first-order valence-corrected chi connectivity index (χ1v) is 3.55. The van der Waals surface area contributed by atoms with Gasteiger partial charge >= 0.3 is 0 Å². The average Bonchev–Trinajstić information content (AvgIpc) is 2.49. The molecule has 2 rings (SSSR count). The summed E-state index contributed by atoms with van der Waals surface area (Å²) in [7, 11) is 0. The molecule has 0 unspecified atom stereocenters. The quantitative estimate of drug-likeness (QED) is 0.567. The topological polar surface area (TPSA) is 15.8 Å². The molecule has 0 fully saturated rings. The lowest BCUT2D eigenvalue weighted by molar-refractivity contribution is 0.640. The molecule has 58 valence electrons. The molecule has 0 atom stereocenters. The third kappa shape index (κ3) is 0.802. The van der Waals surface area contributed by atoms with E-state index in [0.717, 1.165) is 5.52 Å². The van der Waals surface area contributed by atoms with Gasteiger partial charge in [-0.2, -0.15) is 0 Å². The Labute approximate surface area is 69.2 Å². The van der Waals surface area contributed by atoms with E-state index in [-0.39, 0.29) is 5.82 Å². The standard InChI is InChI=1S/C10H6FN/c1-2-7-6-12-9-5-3-4-8(11)10(7)9/h1,3-6,12H. The molecule has 0 saturated carbocycles. The summed E-state index contributed by atoms with van der Waals surface area (Å²) in [5, 5.41) is 0.500. The van der Waals surface area contributed by atoms with Crippen molar-refractivity contribution >= 4 is 10.9 Å². The Morgan fingerprint density at radius 1 is 1.42 bits per heavy atom. The number of aromatic amines is 1. The smallest absolute Gasteiger partial charge is 0.133 e. The largest absolute Gasteiger partial charge is 0.360 e. The van der Waals surface area contributed by atoms with Crippen molar-refractivity contribution in [2.45, 2.75) is 0 Å². The molecule has 0 aliphatic rings. The normalized spacial score (nSPS) is 10.0. The number of benzene rings is 1. The highest BCUT2D eigenvalue weighted by molar-refractivity contribution is 5.86. The molecule has 0 bridgehead atoms. The van der Waals surface area contributed by atoms with Crippen molar-refractivity contribution in [3.8, 4) is 12.3 Å². The summed E-state index contributed by atoms with van der Waals surface area (Å²) in [6.07, 6.45) is 6.83. The highest BCUT2D eigenvalue weighted by atomic mass is 19.1. The van der Waals surface area contributed by atoms with E-state index < -0.39 is 0 Å². The van der Waals surface area contributed by atoms with Gasteiger partial charge in [-0.1, -0.05) is 12.0 Å².